The van der Waals surface area contributed by atoms with Crippen LogP contribution >= 0.6 is 0 Å². The van der Waals surface area contributed by atoms with Crippen LogP contribution in [0.1, 0.15) is 22.0 Å². The van der Waals surface area contributed by atoms with E-state index in [4.69, 9.17) is 4.74 Å². The zero-order valence-electron chi connectivity index (χ0n) is 15.9. The normalized spacial score (nSPS) is 16.2. The Morgan fingerprint density at radius 2 is 1.86 bits per heavy atom. The zero-order valence-corrected chi connectivity index (χ0v) is 15.9. The largest absolute Gasteiger partial charge is 0.379 e. The number of benzene rings is 2. The van der Waals surface area contributed by atoms with Crippen molar-refractivity contribution < 1.29 is 13.9 Å². The SMILES string of the molecule is Cn1cc(C(=O)NC[C@H](c2ccc(F)cc2)N2CCOCC2)c2ccccc21. The van der Waals surface area contributed by atoms with Crippen molar-refractivity contribution in [2.45, 2.75) is 6.04 Å². The monoisotopic (exact) mass is 381 g/mol. The molecule has 1 amide bonds. The fraction of sp³-hybridized carbons (Fsp3) is 0.318. The van der Waals surface area contributed by atoms with Crippen molar-refractivity contribution in [1.29, 1.82) is 0 Å². The molecule has 0 aliphatic carbocycles. The Morgan fingerprint density at radius 3 is 2.61 bits per heavy atom. The van der Waals surface area contributed by atoms with Crippen LogP contribution in [-0.4, -0.2) is 48.2 Å². The minimum Gasteiger partial charge on any atom is -0.379 e. The maximum atomic E-state index is 13.4. The highest BCUT2D eigenvalue weighted by Gasteiger charge is 2.24. The summed E-state index contributed by atoms with van der Waals surface area (Å²) in [5.41, 5.74) is 2.68. The van der Waals surface area contributed by atoms with Gasteiger partial charge in [-0.25, -0.2) is 4.39 Å². The second-order valence-corrected chi connectivity index (χ2v) is 7.10. The third-order valence-corrected chi connectivity index (χ3v) is 5.34. The highest BCUT2D eigenvalue weighted by molar-refractivity contribution is 6.06. The maximum Gasteiger partial charge on any atom is 0.253 e. The smallest absolute Gasteiger partial charge is 0.253 e. The van der Waals surface area contributed by atoms with Crippen LogP contribution in [0.25, 0.3) is 10.9 Å². The number of rotatable bonds is 5. The molecule has 1 fully saturated rings. The number of ether oxygens (including phenoxy) is 1. The summed E-state index contributed by atoms with van der Waals surface area (Å²) in [4.78, 5) is 15.2. The summed E-state index contributed by atoms with van der Waals surface area (Å²) in [5.74, 6) is -0.360. The number of amides is 1. The van der Waals surface area contributed by atoms with Crippen LogP contribution in [-0.2, 0) is 11.8 Å². The van der Waals surface area contributed by atoms with Gasteiger partial charge in [-0.05, 0) is 23.8 Å². The van der Waals surface area contributed by atoms with Gasteiger partial charge >= 0.3 is 0 Å². The Hall–Kier alpha value is -2.70. The van der Waals surface area contributed by atoms with E-state index in [9.17, 15) is 9.18 Å². The lowest BCUT2D eigenvalue weighted by atomic mass is 10.0. The Labute approximate surface area is 163 Å². The molecule has 1 aliphatic rings. The van der Waals surface area contributed by atoms with Gasteiger partial charge in [-0.1, -0.05) is 30.3 Å². The van der Waals surface area contributed by atoms with Crippen molar-refractivity contribution in [2.24, 2.45) is 7.05 Å². The number of carbonyl (C=O) groups is 1. The molecule has 6 heteroatoms. The van der Waals surface area contributed by atoms with E-state index in [1.165, 1.54) is 12.1 Å². The van der Waals surface area contributed by atoms with Gasteiger partial charge in [0.05, 0.1) is 24.8 Å². The van der Waals surface area contributed by atoms with E-state index in [0.29, 0.717) is 25.3 Å². The number of aryl methyl sites for hydroxylation is 1. The first kappa shape index (κ1) is 18.7. The van der Waals surface area contributed by atoms with Crippen LogP contribution in [0.15, 0.2) is 54.7 Å². The number of fused-ring (bicyclic) bond motifs is 1. The van der Waals surface area contributed by atoms with E-state index in [-0.39, 0.29) is 17.8 Å². The molecule has 1 atom stereocenters. The van der Waals surface area contributed by atoms with E-state index in [0.717, 1.165) is 29.6 Å². The number of para-hydroxylation sites is 1. The van der Waals surface area contributed by atoms with Gasteiger partial charge in [0.1, 0.15) is 5.82 Å². The molecule has 146 valence electrons. The van der Waals surface area contributed by atoms with Crippen LogP contribution in [0.2, 0.25) is 0 Å². The highest BCUT2D eigenvalue weighted by atomic mass is 19.1. The minimum atomic E-state index is -0.260. The molecular formula is C22H24FN3O2. The predicted molar refractivity (Wildman–Crippen MR) is 107 cm³/mol. The van der Waals surface area contributed by atoms with E-state index in [2.05, 4.69) is 10.2 Å². The molecule has 0 spiro atoms. The first-order chi connectivity index (χ1) is 13.6. The molecule has 0 radical (unpaired) electrons. The van der Waals surface area contributed by atoms with Gasteiger partial charge in [0.25, 0.3) is 5.91 Å². The third-order valence-electron chi connectivity index (χ3n) is 5.34. The Kier molecular flexibility index (Phi) is 5.41. The van der Waals surface area contributed by atoms with Gasteiger partial charge in [0, 0.05) is 43.8 Å². The number of morpholine rings is 1. The number of hydrogen-bond donors (Lipinski definition) is 1. The lowest BCUT2D eigenvalue weighted by molar-refractivity contribution is 0.0162. The van der Waals surface area contributed by atoms with Crippen molar-refractivity contribution in [2.75, 3.05) is 32.8 Å². The molecule has 0 unspecified atom stereocenters. The molecular weight excluding hydrogens is 357 g/mol. The summed E-state index contributed by atoms with van der Waals surface area (Å²) in [7, 11) is 1.94. The third kappa shape index (κ3) is 3.79. The zero-order chi connectivity index (χ0) is 19.5. The topological polar surface area (TPSA) is 46.5 Å². The number of nitrogens with zero attached hydrogens (tertiary/aromatic N) is 2. The van der Waals surface area contributed by atoms with Gasteiger partial charge in [-0.2, -0.15) is 0 Å². The van der Waals surface area contributed by atoms with Crippen LogP contribution in [0.4, 0.5) is 4.39 Å². The van der Waals surface area contributed by atoms with E-state index >= 15 is 0 Å². The summed E-state index contributed by atoms with van der Waals surface area (Å²) in [5, 5.41) is 4.02. The maximum absolute atomic E-state index is 13.4. The molecule has 2 aromatic carbocycles. The van der Waals surface area contributed by atoms with Gasteiger partial charge < -0.3 is 14.6 Å². The second-order valence-electron chi connectivity index (χ2n) is 7.10. The molecule has 1 aromatic heterocycles. The molecule has 28 heavy (non-hydrogen) atoms. The van der Waals surface area contributed by atoms with Crippen LogP contribution < -0.4 is 5.32 Å². The molecule has 2 heterocycles. The molecule has 1 N–H and O–H groups in total. The molecule has 0 saturated carbocycles. The Morgan fingerprint density at radius 1 is 1.14 bits per heavy atom. The first-order valence-electron chi connectivity index (χ1n) is 9.53. The van der Waals surface area contributed by atoms with Gasteiger partial charge in [-0.3, -0.25) is 9.69 Å². The summed E-state index contributed by atoms with van der Waals surface area (Å²) in [6.07, 6.45) is 1.86. The van der Waals surface area contributed by atoms with Crippen molar-refractivity contribution in [1.82, 2.24) is 14.8 Å². The van der Waals surface area contributed by atoms with Crippen molar-refractivity contribution in [3.05, 3.63) is 71.7 Å². The molecule has 1 aliphatic heterocycles. The summed E-state index contributed by atoms with van der Waals surface area (Å²) < 4.78 is 20.8. The number of aromatic nitrogens is 1. The molecule has 5 nitrogen and oxygen atoms in total. The first-order valence-corrected chi connectivity index (χ1v) is 9.53. The molecule has 1 saturated heterocycles. The van der Waals surface area contributed by atoms with Crippen LogP contribution in [0.5, 0.6) is 0 Å². The molecule has 3 aromatic rings. The van der Waals surface area contributed by atoms with Crippen molar-refractivity contribution in [3.63, 3.8) is 0 Å². The standard InChI is InChI=1S/C22H24FN3O2/c1-25-15-19(18-4-2-3-5-20(18)25)22(27)24-14-21(26-10-12-28-13-11-26)16-6-8-17(23)9-7-16/h2-9,15,21H,10-14H2,1H3,(H,24,27)/t21-/m1/s1. The summed E-state index contributed by atoms with van der Waals surface area (Å²) in [6, 6.07) is 14.4. The fourth-order valence-corrected chi connectivity index (χ4v) is 3.84. The van der Waals surface area contributed by atoms with Gasteiger partial charge in [0.2, 0.25) is 0 Å². The average Bonchev–Trinajstić information content (AvgIpc) is 3.07. The molecule has 4 rings (SSSR count). The number of carbonyl (C=O) groups excluding carboxylic acids is 1. The van der Waals surface area contributed by atoms with E-state index in [1.54, 1.807) is 12.1 Å². The predicted octanol–water partition coefficient (Wildman–Crippen LogP) is 3.12. The van der Waals surface area contributed by atoms with Gasteiger partial charge in [-0.15, -0.1) is 0 Å². The summed E-state index contributed by atoms with van der Waals surface area (Å²) >= 11 is 0. The van der Waals surface area contributed by atoms with Crippen LogP contribution in [0, 0.1) is 5.82 Å². The Bertz CT molecular complexity index is 962. The average molecular weight is 381 g/mol. The number of hydrogen-bond acceptors (Lipinski definition) is 3. The van der Waals surface area contributed by atoms with Crippen LogP contribution in [0.3, 0.4) is 0 Å². The Balaban J connectivity index is 1.54. The quantitative estimate of drug-likeness (QED) is 0.739. The lowest BCUT2D eigenvalue weighted by Gasteiger charge is -2.35. The minimum absolute atomic E-state index is 0.0246. The molecule has 0 bridgehead atoms. The summed E-state index contributed by atoms with van der Waals surface area (Å²) in [6.45, 7) is 3.34. The van der Waals surface area contributed by atoms with Crippen molar-refractivity contribution in [3.8, 4) is 0 Å². The number of nitrogens with one attached hydrogen (secondary N) is 1. The lowest BCUT2D eigenvalue weighted by Crippen LogP contribution is -2.43. The van der Waals surface area contributed by atoms with Crippen molar-refractivity contribution >= 4 is 16.8 Å². The van der Waals surface area contributed by atoms with Gasteiger partial charge in [0.15, 0.2) is 0 Å². The highest BCUT2D eigenvalue weighted by Crippen LogP contribution is 2.23. The van der Waals surface area contributed by atoms with E-state index < -0.39 is 0 Å². The van der Waals surface area contributed by atoms with E-state index in [1.807, 2.05) is 42.1 Å². The second kappa shape index (κ2) is 8.12. The fourth-order valence-electron chi connectivity index (χ4n) is 3.84. The number of halogens is 1.